The van der Waals surface area contributed by atoms with Crippen molar-refractivity contribution in [2.75, 3.05) is 0 Å². The van der Waals surface area contributed by atoms with Gasteiger partial charge in [-0.25, -0.2) is 4.68 Å². The maximum absolute atomic E-state index is 13.9. The minimum atomic E-state index is -4.77. The maximum Gasteiger partial charge on any atom is 0.455 e. The Kier molecular flexibility index (Phi) is 8.35. The first-order chi connectivity index (χ1) is 19.5. The number of alkyl halides is 3. The predicted molar refractivity (Wildman–Crippen MR) is 147 cm³/mol. The first-order valence-electron chi connectivity index (χ1n) is 12.7. The van der Waals surface area contributed by atoms with Gasteiger partial charge in [0.05, 0.1) is 16.4 Å². The van der Waals surface area contributed by atoms with Crippen molar-refractivity contribution in [2.24, 2.45) is 0 Å². The van der Waals surface area contributed by atoms with Gasteiger partial charge in [-0.2, -0.15) is 23.1 Å². The van der Waals surface area contributed by atoms with E-state index in [0.29, 0.717) is 22.4 Å². The number of nitrogens with zero attached hydrogens (tertiary/aromatic N) is 6. The van der Waals surface area contributed by atoms with Crippen LogP contribution in [0.3, 0.4) is 0 Å². The summed E-state index contributed by atoms with van der Waals surface area (Å²) in [6, 6.07) is 11.1. The number of benzene rings is 2. The third-order valence-electron chi connectivity index (χ3n) is 6.09. The lowest BCUT2D eigenvalue weighted by Crippen LogP contribution is -2.41. The first-order valence-corrected chi connectivity index (χ1v) is 13.1. The van der Waals surface area contributed by atoms with E-state index in [9.17, 15) is 27.6 Å². The summed E-state index contributed by atoms with van der Waals surface area (Å²) in [6.07, 6.45) is -5.02. The van der Waals surface area contributed by atoms with Gasteiger partial charge in [-0.05, 0) is 81.3 Å². The van der Waals surface area contributed by atoms with Crippen molar-refractivity contribution in [1.82, 2.24) is 35.3 Å². The lowest BCUT2D eigenvalue weighted by molar-refractivity contribution is -0.145. The second kappa shape index (κ2) is 11.5. The summed E-state index contributed by atoms with van der Waals surface area (Å²) in [5.74, 6) is -2.55. The number of nitrogens with one attached hydrogen (secondary N) is 1. The number of Topliss-reactive ketones (excluding diaryl/α,β-unsaturated/α-hetero) is 2. The predicted octanol–water partition coefficient (Wildman–Crippen LogP) is 5.04. The molecular weight excluding hydrogens is 575 g/mol. The highest BCUT2D eigenvalue weighted by Crippen LogP contribution is 2.27. The molecule has 1 amide bonds. The quantitative estimate of drug-likeness (QED) is 0.280. The summed E-state index contributed by atoms with van der Waals surface area (Å²) < 4.78 is 40.2. The molecule has 0 radical (unpaired) electrons. The van der Waals surface area contributed by atoms with Gasteiger partial charge in [0.1, 0.15) is 12.2 Å². The van der Waals surface area contributed by atoms with Crippen LogP contribution in [0.25, 0.3) is 5.69 Å². The van der Waals surface area contributed by atoms with Crippen molar-refractivity contribution < 1.29 is 27.6 Å². The Labute approximate surface area is 243 Å². The molecule has 10 nitrogen and oxygen atoms in total. The molecule has 0 aliphatic rings. The minimum Gasteiger partial charge on any atom is -0.347 e. The van der Waals surface area contributed by atoms with Gasteiger partial charge >= 0.3 is 6.18 Å². The largest absolute Gasteiger partial charge is 0.455 e. The van der Waals surface area contributed by atoms with Crippen molar-refractivity contribution in [2.45, 2.75) is 59.3 Å². The summed E-state index contributed by atoms with van der Waals surface area (Å²) in [5, 5.41) is 17.4. The summed E-state index contributed by atoms with van der Waals surface area (Å²) >= 11 is 6.40. The average molecular weight is 602 g/mol. The van der Waals surface area contributed by atoms with Gasteiger partial charge < -0.3 is 5.32 Å². The second-order valence-electron chi connectivity index (χ2n) is 10.7. The van der Waals surface area contributed by atoms with Crippen LogP contribution in [0.4, 0.5) is 13.2 Å². The summed E-state index contributed by atoms with van der Waals surface area (Å²) in [6.45, 7) is 8.20. The van der Waals surface area contributed by atoms with Gasteiger partial charge in [-0.3, -0.25) is 14.4 Å². The Morgan fingerprint density at radius 1 is 1.02 bits per heavy atom. The number of aromatic nitrogens is 6. The van der Waals surface area contributed by atoms with Gasteiger partial charge in [0.2, 0.25) is 0 Å². The smallest absolute Gasteiger partial charge is 0.347 e. The molecule has 0 aliphatic carbocycles. The van der Waals surface area contributed by atoms with Crippen LogP contribution in [-0.4, -0.2) is 53.0 Å². The molecule has 0 fully saturated rings. The number of halogens is 4. The van der Waals surface area contributed by atoms with E-state index in [1.54, 1.807) is 37.3 Å². The number of para-hydroxylation sites is 1. The van der Waals surface area contributed by atoms with Crippen molar-refractivity contribution >= 4 is 29.1 Å². The van der Waals surface area contributed by atoms with Crippen LogP contribution in [0.5, 0.6) is 0 Å². The molecule has 0 spiro atoms. The SMILES string of the molecule is CC(=O)c1cc(C)c(CC(=O)c2cc(Cn3nnc(C(F)(F)F)n3)nn2-c2ccccc2Cl)c(C(=O)NC(C)(C)C)c1. The Morgan fingerprint density at radius 2 is 1.71 bits per heavy atom. The molecule has 0 saturated carbocycles. The number of rotatable bonds is 8. The fourth-order valence-corrected chi connectivity index (χ4v) is 4.41. The normalized spacial score (nSPS) is 11.9. The standard InChI is InChI=1S/C28H27ClF3N7O3/c1-15-10-17(16(2)40)11-20(25(42)33-27(3,4)5)19(15)13-24(41)23-12-18(14-38-36-26(34-37-38)28(30,31)32)35-39(23)22-9-7-6-8-21(22)29/h6-12H,13-14H2,1-5H3,(H,33,42). The molecule has 0 atom stereocenters. The van der Waals surface area contributed by atoms with Crippen molar-refractivity contribution in [3.05, 3.63) is 87.0 Å². The van der Waals surface area contributed by atoms with E-state index >= 15 is 0 Å². The van der Waals surface area contributed by atoms with E-state index in [2.05, 4.69) is 25.8 Å². The van der Waals surface area contributed by atoms with Crippen molar-refractivity contribution in [3.63, 3.8) is 0 Å². The molecule has 0 bridgehead atoms. The van der Waals surface area contributed by atoms with Gasteiger partial charge in [0, 0.05) is 23.1 Å². The van der Waals surface area contributed by atoms with Crippen LogP contribution in [-0.2, 0) is 19.1 Å². The van der Waals surface area contributed by atoms with Crippen LogP contribution in [0.15, 0.2) is 42.5 Å². The number of hydrogen-bond acceptors (Lipinski definition) is 7. The molecule has 220 valence electrons. The fraction of sp³-hybridized carbons (Fsp3) is 0.321. The van der Waals surface area contributed by atoms with Crippen LogP contribution >= 0.6 is 11.6 Å². The molecule has 2 heterocycles. The van der Waals surface area contributed by atoms with Gasteiger partial charge in [-0.15, -0.1) is 10.2 Å². The van der Waals surface area contributed by atoms with E-state index in [0.717, 1.165) is 4.80 Å². The van der Waals surface area contributed by atoms with E-state index in [1.807, 2.05) is 20.8 Å². The number of aryl methyl sites for hydroxylation is 1. The highest BCUT2D eigenvalue weighted by atomic mass is 35.5. The first kappa shape index (κ1) is 30.6. The molecule has 1 N–H and O–H groups in total. The highest BCUT2D eigenvalue weighted by molar-refractivity contribution is 6.32. The fourth-order valence-electron chi connectivity index (χ4n) is 4.20. The second-order valence-corrected chi connectivity index (χ2v) is 11.1. The van der Waals surface area contributed by atoms with Gasteiger partial charge in [-0.1, -0.05) is 23.7 Å². The van der Waals surface area contributed by atoms with Gasteiger partial charge in [0.15, 0.2) is 11.6 Å². The molecule has 0 unspecified atom stereocenters. The van der Waals surface area contributed by atoms with Crippen molar-refractivity contribution in [1.29, 1.82) is 0 Å². The van der Waals surface area contributed by atoms with Crippen LogP contribution in [0, 0.1) is 6.92 Å². The number of amides is 1. The summed E-state index contributed by atoms with van der Waals surface area (Å²) in [4.78, 5) is 40.0. The van der Waals surface area contributed by atoms with Crippen LogP contribution in [0.2, 0.25) is 5.02 Å². The molecule has 2 aromatic carbocycles. The number of tetrazole rings is 1. The Bertz CT molecular complexity index is 1690. The molecule has 4 rings (SSSR count). The van der Waals surface area contributed by atoms with Gasteiger partial charge in [0.25, 0.3) is 11.7 Å². The van der Waals surface area contributed by atoms with Crippen molar-refractivity contribution in [3.8, 4) is 5.69 Å². The average Bonchev–Trinajstić information content (AvgIpc) is 3.52. The zero-order chi connectivity index (χ0) is 31.0. The summed E-state index contributed by atoms with van der Waals surface area (Å²) in [7, 11) is 0. The number of carbonyl (C=O) groups is 3. The van der Waals surface area contributed by atoms with E-state index in [4.69, 9.17) is 11.6 Å². The lowest BCUT2D eigenvalue weighted by atomic mass is 9.92. The van der Waals surface area contributed by atoms with E-state index in [-0.39, 0.29) is 40.7 Å². The number of ketones is 2. The number of hydrogen-bond donors (Lipinski definition) is 1. The molecule has 14 heteroatoms. The van der Waals surface area contributed by atoms with E-state index < -0.39 is 29.2 Å². The maximum atomic E-state index is 13.9. The Balaban J connectivity index is 1.77. The highest BCUT2D eigenvalue weighted by Gasteiger charge is 2.37. The monoisotopic (exact) mass is 601 g/mol. The zero-order valence-electron chi connectivity index (χ0n) is 23.4. The minimum absolute atomic E-state index is 0.0616. The third-order valence-corrected chi connectivity index (χ3v) is 6.41. The molecular formula is C28H27ClF3N7O3. The third kappa shape index (κ3) is 6.90. The Hall–Kier alpha value is -4.39. The molecule has 42 heavy (non-hydrogen) atoms. The van der Waals surface area contributed by atoms with Crippen LogP contribution in [0.1, 0.15) is 81.5 Å². The molecule has 4 aromatic rings. The molecule has 2 aromatic heterocycles. The topological polar surface area (TPSA) is 125 Å². The van der Waals surface area contributed by atoms with Crippen LogP contribution < -0.4 is 5.32 Å². The van der Waals surface area contributed by atoms with E-state index in [1.165, 1.54) is 23.7 Å². The molecule has 0 saturated heterocycles. The lowest BCUT2D eigenvalue weighted by Gasteiger charge is -2.22. The zero-order valence-corrected chi connectivity index (χ0v) is 24.1. The Morgan fingerprint density at radius 3 is 2.31 bits per heavy atom. The summed E-state index contributed by atoms with van der Waals surface area (Å²) in [5.41, 5.74) is 1.47. The molecule has 0 aliphatic heterocycles. The number of carbonyl (C=O) groups excluding carboxylic acids is 3.